The van der Waals surface area contributed by atoms with Gasteiger partial charge in [-0.15, -0.1) is 5.10 Å². The maximum atomic E-state index is 14.5. The molecule has 172 valence electrons. The van der Waals surface area contributed by atoms with Gasteiger partial charge in [-0.25, -0.2) is 18.7 Å². The van der Waals surface area contributed by atoms with Gasteiger partial charge in [0.25, 0.3) is 0 Å². The first kappa shape index (κ1) is 21.0. The Balaban J connectivity index is 1.51. The Kier molecular flexibility index (Phi) is 4.44. The summed E-state index contributed by atoms with van der Waals surface area (Å²) in [6.07, 6.45) is 6.58. The molecule has 9 heteroatoms. The van der Waals surface area contributed by atoms with Gasteiger partial charge in [0.1, 0.15) is 23.6 Å². The van der Waals surface area contributed by atoms with Gasteiger partial charge >= 0.3 is 0 Å². The first-order valence-corrected chi connectivity index (χ1v) is 11.2. The fourth-order valence-corrected chi connectivity index (χ4v) is 5.95. The Morgan fingerprint density at radius 3 is 2.62 bits per heavy atom. The number of fused-ring (bicyclic) bond motifs is 5. The second-order valence-electron chi connectivity index (χ2n) is 9.49. The first-order chi connectivity index (χ1) is 16.4. The highest BCUT2D eigenvalue weighted by molar-refractivity contribution is 5.64. The molecule has 6 rings (SSSR count). The fraction of sp³-hybridized carbons (Fsp3) is 0.320. The molecule has 2 aliphatic carbocycles. The van der Waals surface area contributed by atoms with Crippen molar-refractivity contribution in [2.45, 2.75) is 44.6 Å². The van der Waals surface area contributed by atoms with Crippen LogP contribution in [0.2, 0.25) is 0 Å². The van der Waals surface area contributed by atoms with E-state index in [2.05, 4.69) is 34.0 Å². The molecule has 0 amide bonds. The molecule has 2 aliphatic rings. The minimum absolute atomic E-state index is 0.141. The highest BCUT2D eigenvalue weighted by Gasteiger charge is 2.65. The summed E-state index contributed by atoms with van der Waals surface area (Å²) < 4.78 is 34.5. The van der Waals surface area contributed by atoms with E-state index in [-0.39, 0.29) is 29.1 Å². The van der Waals surface area contributed by atoms with E-state index in [9.17, 15) is 8.78 Å². The zero-order valence-electron chi connectivity index (χ0n) is 18.7. The summed E-state index contributed by atoms with van der Waals surface area (Å²) in [6.45, 7) is 4.63. The Hall–Kier alpha value is -3.59. The normalized spacial score (nSPS) is 22.2. The Labute approximate surface area is 194 Å². The van der Waals surface area contributed by atoms with Gasteiger partial charge in [-0.1, -0.05) is 19.9 Å². The third-order valence-corrected chi connectivity index (χ3v) is 7.65. The lowest BCUT2D eigenvalue weighted by Crippen LogP contribution is -2.38. The molecule has 0 saturated heterocycles. The summed E-state index contributed by atoms with van der Waals surface area (Å²) in [5.74, 6) is -0.823. The van der Waals surface area contributed by atoms with Crippen molar-refractivity contribution < 1.29 is 13.2 Å². The quantitative estimate of drug-likeness (QED) is 0.477. The molecular formula is C25H22F2N6O. The lowest BCUT2D eigenvalue weighted by Gasteiger charge is -2.37. The summed E-state index contributed by atoms with van der Waals surface area (Å²) in [7, 11) is 0. The highest BCUT2D eigenvalue weighted by atomic mass is 19.1. The van der Waals surface area contributed by atoms with E-state index in [1.54, 1.807) is 18.5 Å². The second-order valence-corrected chi connectivity index (χ2v) is 9.49. The highest BCUT2D eigenvalue weighted by Crippen LogP contribution is 2.69. The largest absolute Gasteiger partial charge is 0.443 e. The number of nitrogens with two attached hydrogens (primary N) is 1. The molecule has 1 aromatic carbocycles. The van der Waals surface area contributed by atoms with Gasteiger partial charge in [-0.2, -0.15) is 5.10 Å². The van der Waals surface area contributed by atoms with Gasteiger partial charge in [0.15, 0.2) is 0 Å². The van der Waals surface area contributed by atoms with Gasteiger partial charge < -0.3 is 10.2 Å². The van der Waals surface area contributed by atoms with Crippen molar-refractivity contribution >= 4 is 0 Å². The third-order valence-electron chi connectivity index (χ3n) is 7.65. The number of hydrogen-bond acceptors (Lipinski definition) is 7. The van der Waals surface area contributed by atoms with E-state index in [1.807, 2.05) is 0 Å². The van der Waals surface area contributed by atoms with Crippen molar-refractivity contribution in [3.63, 3.8) is 0 Å². The average Bonchev–Trinajstić information content (AvgIpc) is 3.47. The molecule has 2 N–H and O–H groups in total. The lowest BCUT2D eigenvalue weighted by molar-refractivity contribution is 0.242. The van der Waals surface area contributed by atoms with Crippen molar-refractivity contribution in [1.29, 1.82) is 0 Å². The number of hydrogen-bond donors (Lipinski definition) is 1. The molecule has 0 spiro atoms. The summed E-state index contributed by atoms with van der Waals surface area (Å²) in [5, 5.41) is 8.83. The number of aromatic nitrogens is 5. The topological polar surface area (TPSA) is 104 Å². The smallest absolute Gasteiger partial charge is 0.246 e. The second kappa shape index (κ2) is 7.20. The fourth-order valence-electron chi connectivity index (χ4n) is 5.95. The lowest BCUT2D eigenvalue weighted by atomic mass is 9.66. The van der Waals surface area contributed by atoms with Crippen LogP contribution in [-0.4, -0.2) is 25.1 Å². The maximum absolute atomic E-state index is 14.5. The molecule has 3 heterocycles. The van der Waals surface area contributed by atoms with Gasteiger partial charge in [0.05, 0.1) is 40.0 Å². The summed E-state index contributed by atoms with van der Waals surface area (Å²) in [4.78, 5) is 13.7. The van der Waals surface area contributed by atoms with E-state index in [0.29, 0.717) is 17.3 Å². The molecule has 3 aromatic heterocycles. The molecule has 0 unspecified atom stereocenters. The molecular weight excluding hydrogens is 438 g/mol. The molecule has 1 saturated carbocycles. The van der Waals surface area contributed by atoms with Gasteiger partial charge in [0.2, 0.25) is 5.89 Å². The van der Waals surface area contributed by atoms with E-state index >= 15 is 0 Å². The molecule has 4 aromatic rings. The predicted molar refractivity (Wildman–Crippen MR) is 119 cm³/mol. The Morgan fingerprint density at radius 1 is 1.09 bits per heavy atom. The number of rotatable bonds is 4. The van der Waals surface area contributed by atoms with Crippen LogP contribution in [0.3, 0.4) is 0 Å². The molecule has 2 atom stereocenters. The molecule has 2 bridgehead atoms. The Morgan fingerprint density at radius 2 is 1.88 bits per heavy atom. The first-order valence-electron chi connectivity index (χ1n) is 11.2. The van der Waals surface area contributed by atoms with Gasteiger partial charge in [-0.05, 0) is 47.9 Å². The van der Waals surface area contributed by atoms with Crippen LogP contribution in [0.25, 0.3) is 22.8 Å². The van der Waals surface area contributed by atoms with E-state index in [1.165, 1.54) is 24.5 Å². The third kappa shape index (κ3) is 2.67. The minimum atomic E-state index is -0.659. The average molecular weight is 460 g/mol. The van der Waals surface area contributed by atoms with Crippen LogP contribution in [0.4, 0.5) is 8.78 Å². The molecule has 0 radical (unpaired) electrons. The minimum Gasteiger partial charge on any atom is -0.443 e. The monoisotopic (exact) mass is 460 g/mol. The van der Waals surface area contributed by atoms with Crippen LogP contribution in [0.1, 0.15) is 55.3 Å². The predicted octanol–water partition coefficient (Wildman–Crippen LogP) is 4.53. The Bertz CT molecular complexity index is 1410. The number of halogens is 2. The van der Waals surface area contributed by atoms with Crippen molar-refractivity contribution in [1.82, 2.24) is 25.1 Å². The van der Waals surface area contributed by atoms with Gasteiger partial charge in [0, 0.05) is 12.7 Å². The molecule has 34 heavy (non-hydrogen) atoms. The van der Waals surface area contributed by atoms with E-state index < -0.39 is 17.0 Å². The summed E-state index contributed by atoms with van der Waals surface area (Å²) >= 11 is 0. The molecule has 0 aliphatic heterocycles. The van der Waals surface area contributed by atoms with Crippen molar-refractivity contribution in [2.24, 2.45) is 11.1 Å². The maximum Gasteiger partial charge on any atom is 0.246 e. The number of oxazole rings is 1. The standard InChI is InChI=1S/C25H22F2N6O/c1-24(2)15-6-7-25(24,20-11-29-10-19(31-20)23-30-13(9-28)12-34-23)22-14(15)8-18(32-33-22)21-16(26)4-3-5-17(21)27/h3-5,8,10-12,15H,6-7,9,28H2,1-2H3/t15-,25-/m0/s1. The SMILES string of the molecule is CC1(C)[C@H]2CC[C@]1(c1cncc(-c3nc(CN)co3)n1)c1nnc(-c3c(F)cccc3F)cc12. The van der Waals surface area contributed by atoms with Crippen LogP contribution in [0.15, 0.2) is 47.3 Å². The molecule has 7 nitrogen and oxygen atoms in total. The van der Waals surface area contributed by atoms with Crippen molar-refractivity contribution in [3.8, 4) is 22.8 Å². The molecule has 1 fully saturated rings. The zero-order valence-corrected chi connectivity index (χ0v) is 18.7. The summed E-state index contributed by atoms with van der Waals surface area (Å²) in [6, 6.07) is 5.58. The summed E-state index contributed by atoms with van der Waals surface area (Å²) in [5.41, 5.74) is 8.53. The van der Waals surface area contributed by atoms with Crippen LogP contribution in [0.5, 0.6) is 0 Å². The van der Waals surface area contributed by atoms with Crippen LogP contribution < -0.4 is 5.73 Å². The number of benzene rings is 1. The van der Waals surface area contributed by atoms with Crippen LogP contribution in [0, 0.1) is 17.0 Å². The number of nitrogens with zero attached hydrogens (tertiary/aromatic N) is 5. The zero-order chi connectivity index (χ0) is 23.7. The van der Waals surface area contributed by atoms with Crippen LogP contribution in [-0.2, 0) is 12.0 Å². The van der Waals surface area contributed by atoms with Crippen LogP contribution >= 0.6 is 0 Å². The van der Waals surface area contributed by atoms with Crippen molar-refractivity contribution in [3.05, 3.63) is 77.2 Å². The van der Waals surface area contributed by atoms with Crippen molar-refractivity contribution in [2.75, 3.05) is 0 Å². The van der Waals surface area contributed by atoms with Gasteiger partial charge in [-0.3, -0.25) is 4.98 Å². The van der Waals surface area contributed by atoms with E-state index in [4.69, 9.17) is 15.1 Å². The van der Waals surface area contributed by atoms with E-state index in [0.717, 1.165) is 29.8 Å².